The van der Waals surface area contributed by atoms with Crippen LogP contribution in [0, 0.1) is 0 Å². The van der Waals surface area contributed by atoms with Crippen LogP contribution >= 0.6 is 39.0 Å². The molecule has 0 bridgehead atoms. The monoisotopic (exact) mass is 308 g/mol. The molecule has 1 aromatic rings. The summed E-state index contributed by atoms with van der Waals surface area (Å²) in [4.78, 5) is 26.7. The van der Waals surface area contributed by atoms with Crippen molar-refractivity contribution in [1.82, 2.24) is 4.98 Å². The van der Waals surface area contributed by atoms with Gasteiger partial charge in [-0.3, -0.25) is 9.59 Å². The number of aromatic nitrogens is 1. The van der Waals surface area contributed by atoms with Crippen molar-refractivity contribution in [2.75, 3.05) is 0 Å². The molecule has 0 atom stereocenters. The van der Waals surface area contributed by atoms with E-state index in [1.165, 1.54) is 18.3 Å². The summed E-state index contributed by atoms with van der Waals surface area (Å²) < 4.78 is 0.660. The lowest BCUT2D eigenvalue weighted by Crippen LogP contribution is -2.13. The van der Waals surface area contributed by atoms with E-state index in [0.717, 1.165) is 22.3 Å². The average molecular weight is 309 g/mol. The first-order valence-electron chi connectivity index (χ1n) is 4.04. The van der Waals surface area contributed by atoms with Gasteiger partial charge in [0.25, 0.3) is 0 Å². The van der Waals surface area contributed by atoms with Gasteiger partial charge in [-0.15, -0.1) is 11.3 Å². The lowest BCUT2D eigenvalue weighted by Gasteiger charge is -1.93. The van der Waals surface area contributed by atoms with Crippen LogP contribution in [0.3, 0.4) is 0 Å². The Labute approximate surface area is 104 Å². The Morgan fingerprint density at radius 2 is 2.27 bits per heavy atom. The van der Waals surface area contributed by atoms with E-state index in [-0.39, 0.29) is 17.4 Å². The lowest BCUT2D eigenvalue weighted by molar-refractivity contribution is -0.117. The Morgan fingerprint density at radius 3 is 2.73 bits per heavy atom. The molecule has 0 aliphatic rings. The summed E-state index contributed by atoms with van der Waals surface area (Å²) in [5, 5.41) is 0.542. The van der Waals surface area contributed by atoms with Gasteiger partial charge in [-0.25, -0.2) is 4.98 Å². The molecule has 0 saturated heterocycles. The normalized spacial score (nSPS) is 10.3. The number of rotatable bonds is 4. The van der Waals surface area contributed by atoms with Crippen molar-refractivity contribution in [3.63, 3.8) is 0 Å². The third-order valence-corrected chi connectivity index (χ3v) is 3.93. The van der Waals surface area contributed by atoms with Crippen molar-refractivity contribution < 1.29 is 9.59 Å². The van der Waals surface area contributed by atoms with Gasteiger partial charge in [0.1, 0.15) is 0 Å². The molecule has 2 N–H and O–H groups in total. The number of amides is 1. The van der Waals surface area contributed by atoms with Gasteiger partial charge in [-0.05, 0) is 11.8 Å². The van der Waals surface area contributed by atoms with E-state index in [1.54, 1.807) is 0 Å². The number of thiazole rings is 1. The summed E-state index contributed by atoms with van der Waals surface area (Å²) >= 11 is 5.69. The van der Waals surface area contributed by atoms with E-state index in [9.17, 15) is 9.59 Å². The molecule has 0 aliphatic heterocycles. The van der Waals surface area contributed by atoms with Crippen molar-refractivity contribution in [2.45, 2.75) is 23.0 Å². The van der Waals surface area contributed by atoms with Crippen LogP contribution in [-0.2, 0) is 21.3 Å². The van der Waals surface area contributed by atoms with E-state index in [2.05, 4.69) is 20.9 Å². The summed E-state index contributed by atoms with van der Waals surface area (Å²) in [6.45, 7) is 1.48. The quantitative estimate of drug-likeness (QED) is 0.679. The van der Waals surface area contributed by atoms with E-state index in [4.69, 9.17) is 5.73 Å². The van der Waals surface area contributed by atoms with E-state index >= 15 is 0 Å². The number of nitrogens with zero attached hydrogens (tertiary/aromatic N) is 1. The smallest absolute Gasteiger partial charge is 0.222 e. The van der Waals surface area contributed by atoms with E-state index < -0.39 is 0 Å². The molecule has 0 aromatic carbocycles. The first-order chi connectivity index (χ1) is 7.02. The molecular weight excluding hydrogens is 300 g/mol. The molecule has 0 saturated carbocycles. The molecule has 82 valence electrons. The van der Waals surface area contributed by atoms with Gasteiger partial charge in [0.2, 0.25) is 5.91 Å². The second-order valence-corrected chi connectivity index (χ2v) is 5.79. The zero-order valence-electron chi connectivity index (χ0n) is 7.95. The number of hydrogen-bond donors (Lipinski definition) is 1. The number of halogens is 1. The Balaban J connectivity index is 2.89. The fourth-order valence-electron chi connectivity index (χ4n) is 0.927. The van der Waals surface area contributed by atoms with Gasteiger partial charge in [0, 0.05) is 17.1 Å². The van der Waals surface area contributed by atoms with Crippen LogP contribution in [0.25, 0.3) is 0 Å². The molecule has 7 heteroatoms. The van der Waals surface area contributed by atoms with Gasteiger partial charge < -0.3 is 5.73 Å². The van der Waals surface area contributed by atoms with Gasteiger partial charge >= 0.3 is 0 Å². The van der Waals surface area contributed by atoms with Crippen molar-refractivity contribution in [3.05, 3.63) is 10.6 Å². The lowest BCUT2D eigenvalue weighted by atomic mass is 10.3. The molecule has 1 rings (SSSR count). The van der Waals surface area contributed by atoms with Crippen LogP contribution in [0.1, 0.15) is 17.5 Å². The molecule has 15 heavy (non-hydrogen) atoms. The molecule has 4 nitrogen and oxygen atoms in total. The standard InChI is InChI=1S/C8H9BrN2O2S2/c1-4(12)14-8-11-5(3-9)6(15-8)2-7(10)13/h2-3H2,1H3,(H2,10,13). The second-order valence-electron chi connectivity index (χ2n) is 2.72. The van der Waals surface area contributed by atoms with E-state index in [0.29, 0.717) is 9.67 Å². The van der Waals surface area contributed by atoms with Crippen molar-refractivity contribution >= 4 is 50.1 Å². The van der Waals surface area contributed by atoms with Crippen LogP contribution in [0.5, 0.6) is 0 Å². The van der Waals surface area contributed by atoms with E-state index in [1.807, 2.05) is 0 Å². The molecule has 1 amide bonds. The predicted octanol–water partition coefficient (Wildman–Crippen LogP) is 1.70. The third-order valence-electron chi connectivity index (χ3n) is 1.45. The zero-order chi connectivity index (χ0) is 11.4. The van der Waals surface area contributed by atoms with Gasteiger partial charge in [0.15, 0.2) is 9.45 Å². The first kappa shape index (κ1) is 12.7. The Kier molecular flexibility index (Phi) is 4.75. The van der Waals surface area contributed by atoms with Crippen LogP contribution in [-0.4, -0.2) is 16.0 Å². The molecule has 0 fully saturated rings. The maximum Gasteiger partial charge on any atom is 0.222 e. The number of primary amides is 1. The van der Waals surface area contributed by atoms with Crippen molar-refractivity contribution in [3.8, 4) is 0 Å². The Morgan fingerprint density at radius 1 is 1.60 bits per heavy atom. The molecule has 0 aliphatic carbocycles. The number of alkyl halides is 1. The van der Waals surface area contributed by atoms with Crippen LogP contribution in [0.15, 0.2) is 4.34 Å². The summed E-state index contributed by atoms with van der Waals surface area (Å²) in [6.07, 6.45) is 0.178. The van der Waals surface area contributed by atoms with Crippen molar-refractivity contribution in [2.24, 2.45) is 5.73 Å². The Hall–Kier alpha value is -0.400. The molecule has 0 radical (unpaired) electrons. The predicted molar refractivity (Wildman–Crippen MR) is 64.2 cm³/mol. The number of carbonyl (C=O) groups is 2. The topological polar surface area (TPSA) is 73.1 Å². The van der Waals surface area contributed by atoms with Crippen LogP contribution < -0.4 is 5.73 Å². The van der Waals surface area contributed by atoms with Gasteiger partial charge in [-0.2, -0.15) is 0 Å². The summed E-state index contributed by atoms with van der Waals surface area (Å²) in [5.41, 5.74) is 5.89. The number of thioether (sulfide) groups is 1. The maximum absolute atomic E-state index is 10.9. The minimum atomic E-state index is -0.389. The Bertz CT molecular complexity index is 392. The van der Waals surface area contributed by atoms with Gasteiger partial charge in [-0.1, -0.05) is 15.9 Å². The molecule has 1 aromatic heterocycles. The van der Waals surface area contributed by atoms with Crippen molar-refractivity contribution in [1.29, 1.82) is 0 Å². The summed E-state index contributed by atoms with van der Waals surface area (Å²) in [6, 6.07) is 0. The minimum Gasteiger partial charge on any atom is -0.369 e. The molecule has 1 heterocycles. The molecule has 0 unspecified atom stereocenters. The fraction of sp³-hybridized carbons (Fsp3) is 0.375. The summed E-state index contributed by atoms with van der Waals surface area (Å²) in [7, 11) is 0. The minimum absolute atomic E-state index is 0.0181. The number of hydrogen-bond acceptors (Lipinski definition) is 5. The third kappa shape index (κ3) is 3.92. The highest BCUT2D eigenvalue weighted by atomic mass is 79.9. The first-order valence-corrected chi connectivity index (χ1v) is 6.79. The fourth-order valence-corrected chi connectivity index (χ4v) is 3.62. The largest absolute Gasteiger partial charge is 0.369 e. The molecular formula is C8H9BrN2O2S2. The highest BCUT2D eigenvalue weighted by Crippen LogP contribution is 2.29. The highest BCUT2D eigenvalue weighted by molar-refractivity contribution is 9.08. The average Bonchev–Trinajstić information content (AvgIpc) is 2.45. The van der Waals surface area contributed by atoms with Crippen LogP contribution in [0.4, 0.5) is 0 Å². The number of carbonyl (C=O) groups excluding carboxylic acids is 2. The highest BCUT2D eigenvalue weighted by Gasteiger charge is 2.13. The SMILES string of the molecule is CC(=O)Sc1nc(CBr)c(CC(N)=O)s1. The van der Waals surface area contributed by atoms with Gasteiger partial charge in [0.05, 0.1) is 12.1 Å². The van der Waals surface area contributed by atoms with Crippen LogP contribution in [0.2, 0.25) is 0 Å². The summed E-state index contributed by atoms with van der Waals surface area (Å²) in [5.74, 6) is -0.389. The number of nitrogens with two attached hydrogens (primary N) is 1. The second kappa shape index (κ2) is 5.62. The zero-order valence-corrected chi connectivity index (χ0v) is 11.2. The molecule has 0 spiro atoms. The maximum atomic E-state index is 10.9.